The molecular weight excluding hydrogens is 557 g/mol. The van der Waals surface area contributed by atoms with Crippen LogP contribution in [0.2, 0.25) is 10.0 Å². The molecule has 2 fully saturated rings. The number of amides is 1. The number of piperidine rings is 1. The third-order valence-corrected chi connectivity index (χ3v) is 9.04. The van der Waals surface area contributed by atoms with Gasteiger partial charge in [-0.1, -0.05) is 43.5 Å². The van der Waals surface area contributed by atoms with Gasteiger partial charge in [0.1, 0.15) is 23.7 Å². The van der Waals surface area contributed by atoms with Crippen molar-refractivity contribution in [2.24, 2.45) is 17.8 Å². The number of ether oxygens (including phenoxy) is 4. The molecule has 0 aromatic heterocycles. The number of rotatable bonds is 5. The number of carbonyl (C=O) groups excluding carboxylic acids is 2. The molecule has 1 saturated heterocycles. The van der Waals surface area contributed by atoms with Gasteiger partial charge in [-0.05, 0) is 68.1 Å². The van der Waals surface area contributed by atoms with E-state index < -0.39 is 18.2 Å². The molecule has 1 N–H and O–H groups in total. The van der Waals surface area contributed by atoms with Crippen molar-refractivity contribution in [1.29, 1.82) is 0 Å². The van der Waals surface area contributed by atoms with E-state index in [9.17, 15) is 14.7 Å². The number of hydrogen-bond donors (Lipinski definition) is 1. The molecule has 0 spiro atoms. The number of carbonyl (C=O) groups is 2. The second-order valence-electron chi connectivity index (χ2n) is 11.4. The number of nitrogens with zero attached hydrogens (tertiary/aromatic N) is 1. The van der Waals surface area contributed by atoms with Crippen LogP contribution in [0, 0.1) is 24.7 Å². The van der Waals surface area contributed by atoms with Crippen molar-refractivity contribution in [3.63, 3.8) is 0 Å². The van der Waals surface area contributed by atoms with Crippen molar-refractivity contribution in [1.82, 2.24) is 4.90 Å². The maximum atomic E-state index is 13.4. The maximum absolute atomic E-state index is 13.4. The van der Waals surface area contributed by atoms with Gasteiger partial charge in [0, 0.05) is 18.7 Å². The van der Waals surface area contributed by atoms with Crippen LogP contribution in [-0.2, 0) is 11.3 Å². The molecule has 10 heteroatoms. The van der Waals surface area contributed by atoms with Crippen molar-refractivity contribution < 1.29 is 33.6 Å². The third-order valence-electron chi connectivity index (χ3n) is 8.07. The van der Waals surface area contributed by atoms with E-state index in [1.165, 1.54) is 13.5 Å². The van der Waals surface area contributed by atoms with Crippen LogP contribution in [0.3, 0.4) is 0 Å². The fraction of sp³-hybridized carbons (Fsp3) is 0.533. The van der Waals surface area contributed by atoms with E-state index in [2.05, 4.69) is 0 Å². The van der Waals surface area contributed by atoms with Gasteiger partial charge in [-0.3, -0.25) is 0 Å². The van der Waals surface area contributed by atoms with Crippen molar-refractivity contribution in [2.75, 3.05) is 20.2 Å². The Balaban J connectivity index is 1.55. The summed E-state index contributed by atoms with van der Waals surface area (Å²) in [6.07, 6.45) is 3.65. The number of aliphatic hydroxyl groups excluding tert-OH is 1. The van der Waals surface area contributed by atoms with Gasteiger partial charge < -0.3 is 29.0 Å². The van der Waals surface area contributed by atoms with E-state index in [1.807, 2.05) is 13.8 Å². The molecule has 2 heterocycles. The van der Waals surface area contributed by atoms with Gasteiger partial charge >= 0.3 is 12.1 Å². The Kier molecular flexibility index (Phi) is 8.41. The zero-order chi connectivity index (χ0) is 28.7. The fourth-order valence-corrected chi connectivity index (χ4v) is 6.63. The number of cyclic esters (lactones) is 1. The molecule has 1 amide bonds. The standard InChI is InChI=1S/C30H35Cl2NO7/c1-15(2)10-21(34)19-8-9-22-23(26(19)37-4)29(35)38-14-20-24(31)16(3)25(32)28(27(20)39-22)40-30(36)33-12-17-6-5-7-18(11-17)13-33/h8-9,15,17-18,21,34H,5-7,10-14H2,1-4H3/t17?,18?,21-/m0/s1. The van der Waals surface area contributed by atoms with E-state index in [1.54, 1.807) is 24.0 Å². The van der Waals surface area contributed by atoms with Crippen LogP contribution in [0.15, 0.2) is 12.1 Å². The van der Waals surface area contributed by atoms with Crippen LogP contribution in [0.25, 0.3) is 0 Å². The summed E-state index contributed by atoms with van der Waals surface area (Å²) in [7, 11) is 1.42. The molecule has 2 aliphatic heterocycles. The first kappa shape index (κ1) is 28.8. The van der Waals surface area contributed by atoms with Crippen LogP contribution in [-0.4, -0.2) is 42.3 Å². The number of likely N-dealkylation sites (tertiary alicyclic amines) is 1. The molecule has 40 heavy (non-hydrogen) atoms. The van der Waals surface area contributed by atoms with Gasteiger partial charge in [0.05, 0.1) is 28.8 Å². The highest BCUT2D eigenvalue weighted by molar-refractivity contribution is 6.38. The third kappa shape index (κ3) is 5.46. The topological polar surface area (TPSA) is 94.5 Å². The van der Waals surface area contributed by atoms with Gasteiger partial charge in [-0.25, -0.2) is 9.59 Å². The van der Waals surface area contributed by atoms with E-state index in [0.717, 1.165) is 19.3 Å². The van der Waals surface area contributed by atoms with Crippen LogP contribution >= 0.6 is 23.2 Å². The monoisotopic (exact) mass is 591 g/mol. The average molecular weight is 593 g/mol. The summed E-state index contributed by atoms with van der Waals surface area (Å²) in [5, 5.41) is 11.2. The number of hydrogen-bond acceptors (Lipinski definition) is 7. The van der Waals surface area contributed by atoms with Crippen LogP contribution < -0.4 is 14.2 Å². The lowest BCUT2D eigenvalue weighted by Crippen LogP contribution is -2.46. The largest absolute Gasteiger partial charge is 0.495 e. The molecular formula is C30H35Cl2NO7. The molecule has 5 rings (SSSR count). The molecule has 1 aliphatic carbocycles. The predicted octanol–water partition coefficient (Wildman–Crippen LogP) is 7.47. The number of methoxy groups -OCH3 is 1. The van der Waals surface area contributed by atoms with Gasteiger partial charge in [-0.15, -0.1) is 0 Å². The summed E-state index contributed by atoms with van der Waals surface area (Å²) in [6.45, 7) is 6.72. The summed E-state index contributed by atoms with van der Waals surface area (Å²) in [5.74, 6) is 0.824. The smallest absolute Gasteiger partial charge is 0.415 e. The first-order valence-corrected chi connectivity index (χ1v) is 14.6. The first-order valence-electron chi connectivity index (χ1n) is 13.8. The van der Waals surface area contributed by atoms with Crippen molar-refractivity contribution in [3.05, 3.63) is 44.4 Å². The minimum Gasteiger partial charge on any atom is -0.495 e. The van der Waals surface area contributed by atoms with Gasteiger partial charge in [0.15, 0.2) is 11.5 Å². The summed E-state index contributed by atoms with van der Waals surface area (Å²) in [4.78, 5) is 28.4. The summed E-state index contributed by atoms with van der Waals surface area (Å²) in [6, 6.07) is 3.21. The average Bonchev–Trinajstić information content (AvgIpc) is 2.91. The molecule has 216 valence electrons. The summed E-state index contributed by atoms with van der Waals surface area (Å²) in [5.41, 5.74) is 1.27. The Morgan fingerprint density at radius 3 is 2.50 bits per heavy atom. The highest BCUT2D eigenvalue weighted by Crippen LogP contribution is 2.50. The molecule has 2 aromatic rings. The molecule has 2 aromatic carbocycles. The Morgan fingerprint density at radius 1 is 1.15 bits per heavy atom. The molecule has 2 bridgehead atoms. The van der Waals surface area contributed by atoms with Crippen LogP contribution in [0.4, 0.5) is 4.79 Å². The molecule has 3 aliphatic rings. The van der Waals surface area contributed by atoms with E-state index >= 15 is 0 Å². The Labute approximate surface area is 244 Å². The molecule has 3 atom stereocenters. The predicted molar refractivity (Wildman–Crippen MR) is 151 cm³/mol. The molecule has 1 saturated carbocycles. The Bertz CT molecular complexity index is 1320. The van der Waals surface area contributed by atoms with Crippen molar-refractivity contribution >= 4 is 35.3 Å². The van der Waals surface area contributed by atoms with Crippen LogP contribution in [0.5, 0.6) is 23.0 Å². The minimum atomic E-state index is -0.863. The number of esters is 1. The number of benzene rings is 2. The molecule has 2 unspecified atom stereocenters. The number of halogens is 2. The fourth-order valence-electron chi connectivity index (χ4n) is 6.12. The van der Waals surface area contributed by atoms with Crippen LogP contribution in [0.1, 0.15) is 79.1 Å². The van der Waals surface area contributed by atoms with E-state index in [4.69, 9.17) is 42.1 Å². The Hall–Kier alpha value is -2.68. The van der Waals surface area contributed by atoms with E-state index in [-0.39, 0.29) is 51.1 Å². The van der Waals surface area contributed by atoms with Gasteiger partial charge in [-0.2, -0.15) is 0 Å². The van der Waals surface area contributed by atoms with Gasteiger partial charge in [0.25, 0.3) is 0 Å². The summed E-state index contributed by atoms with van der Waals surface area (Å²) >= 11 is 13.4. The molecule has 8 nitrogen and oxygen atoms in total. The van der Waals surface area contributed by atoms with Gasteiger partial charge in [0.2, 0.25) is 0 Å². The normalized spacial score (nSPS) is 20.9. The van der Waals surface area contributed by atoms with Crippen molar-refractivity contribution in [2.45, 2.75) is 65.6 Å². The second-order valence-corrected chi connectivity index (χ2v) is 12.2. The highest BCUT2D eigenvalue weighted by atomic mass is 35.5. The summed E-state index contributed by atoms with van der Waals surface area (Å²) < 4.78 is 23.5. The van der Waals surface area contributed by atoms with Crippen molar-refractivity contribution in [3.8, 4) is 23.0 Å². The Morgan fingerprint density at radius 2 is 1.85 bits per heavy atom. The zero-order valence-electron chi connectivity index (χ0n) is 23.2. The highest BCUT2D eigenvalue weighted by Gasteiger charge is 2.36. The quantitative estimate of drug-likeness (QED) is 0.360. The lowest BCUT2D eigenvalue weighted by Gasteiger charge is -2.40. The SMILES string of the molecule is COc1c([C@@H](O)CC(C)C)ccc2c1C(=O)OCc1c(Cl)c(C)c(Cl)c(OC(=O)N3CC4CCCC(C4)C3)c1O2. The zero-order valence-corrected chi connectivity index (χ0v) is 24.7. The first-order chi connectivity index (χ1) is 19.1. The lowest BCUT2D eigenvalue weighted by atomic mass is 9.78. The minimum absolute atomic E-state index is 0.0161. The number of aliphatic hydroxyl groups is 1. The lowest BCUT2D eigenvalue weighted by molar-refractivity contribution is 0.0453. The maximum Gasteiger partial charge on any atom is 0.415 e. The van der Waals surface area contributed by atoms with E-state index in [0.29, 0.717) is 48.0 Å². The number of fused-ring (bicyclic) bond motifs is 4. The second kappa shape index (κ2) is 11.7. The molecule has 0 radical (unpaired) electrons.